The van der Waals surface area contributed by atoms with Crippen LogP contribution >= 0.6 is 0 Å². The van der Waals surface area contributed by atoms with E-state index in [4.69, 9.17) is 5.26 Å². The fraction of sp³-hybridized carbons (Fsp3) is 0.938. The van der Waals surface area contributed by atoms with Crippen molar-refractivity contribution in [2.45, 2.75) is 80.3 Å². The van der Waals surface area contributed by atoms with E-state index in [9.17, 15) is 0 Å². The van der Waals surface area contributed by atoms with Gasteiger partial charge in [-0.25, -0.2) is 0 Å². The number of nitrogens with one attached hydrogen (secondary N) is 2. The predicted octanol–water partition coefficient (Wildman–Crippen LogP) is 3.95. The summed E-state index contributed by atoms with van der Waals surface area (Å²) in [4.78, 5) is 0. The molecule has 2 atom stereocenters. The van der Waals surface area contributed by atoms with Crippen LogP contribution in [-0.2, 0) is 0 Å². The number of piperazine rings is 1. The second-order valence-electron chi connectivity index (χ2n) is 5.22. The lowest BCUT2D eigenvalue weighted by Crippen LogP contribution is -2.52. The van der Waals surface area contributed by atoms with Crippen LogP contribution in [0.15, 0.2) is 0 Å². The molecule has 2 N–H and O–H groups in total. The Morgan fingerprint density at radius 1 is 1.11 bits per heavy atom. The number of hydrogen-bond donors (Lipinski definition) is 2. The number of nitrogens with zero attached hydrogens (tertiary/aromatic N) is 1. The maximum atomic E-state index is 8.37. The standard InChI is InChI=1S/C7H13N3.C4H10.C3H8.C2H6/c1-6-4-10-7(2-3-8)5-9-6;1-4(2)3;1-3-2;1-2/h6-7,9-10H,2,4-5H2,1H3;4H,1-3H3;3H2,1-2H3;1-2H3. The Morgan fingerprint density at radius 2 is 1.53 bits per heavy atom. The van der Waals surface area contributed by atoms with Crippen LogP contribution in [0.5, 0.6) is 0 Å². The molecule has 1 rings (SSSR count). The first-order chi connectivity index (χ1) is 8.97. The van der Waals surface area contributed by atoms with Gasteiger partial charge in [-0.3, -0.25) is 0 Å². The van der Waals surface area contributed by atoms with Crippen molar-refractivity contribution in [3.05, 3.63) is 0 Å². The molecular formula is C16H37N3. The highest BCUT2D eigenvalue weighted by atomic mass is 15.1. The van der Waals surface area contributed by atoms with E-state index >= 15 is 0 Å². The lowest BCUT2D eigenvalue weighted by Gasteiger charge is -2.27. The van der Waals surface area contributed by atoms with Crippen LogP contribution in [0.4, 0.5) is 0 Å². The van der Waals surface area contributed by atoms with Crippen LogP contribution in [0.1, 0.15) is 68.2 Å². The van der Waals surface area contributed by atoms with E-state index in [1.165, 1.54) is 6.42 Å². The third-order valence-corrected chi connectivity index (χ3v) is 1.76. The van der Waals surface area contributed by atoms with Gasteiger partial charge in [0, 0.05) is 25.2 Å². The fourth-order valence-corrected chi connectivity index (χ4v) is 1.09. The largest absolute Gasteiger partial charge is 0.311 e. The van der Waals surface area contributed by atoms with Crippen LogP contribution < -0.4 is 10.6 Å². The molecule has 2 unspecified atom stereocenters. The quantitative estimate of drug-likeness (QED) is 0.759. The summed E-state index contributed by atoms with van der Waals surface area (Å²) in [5.41, 5.74) is 0. The summed E-state index contributed by atoms with van der Waals surface area (Å²) in [6, 6.07) is 3.06. The van der Waals surface area contributed by atoms with Gasteiger partial charge in [-0.15, -0.1) is 0 Å². The lowest BCUT2D eigenvalue weighted by atomic mass is 10.1. The molecule has 116 valence electrons. The summed E-state index contributed by atoms with van der Waals surface area (Å²) >= 11 is 0. The van der Waals surface area contributed by atoms with Crippen molar-refractivity contribution in [1.29, 1.82) is 5.26 Å². The highest BCUT2D eigenvalue weighted by molar-refractivity contribution is 4.87. The van der Waals surface area contributed by atoms with Crippen molar-refractivity contribution in [1.82, 2.24) is 10.6 Å². The first-order valence-electron chi connectivity index (χ1n) is 7.81. The summed E-state index contributed by atoms with van der Waals surface area (Å²) < 4.78 is 0. The van der Waals surface area contributed by atoms with Gasteiger partial charge in [-0.2, -0.15) is 5.26 Å². The molecule has 0 aromatic carbocycles. The summed E-state index contributed by atoms with van der Waals surface area (Å²) in [7, 11) is 0. The molecule has 3 nitrogen and oxygen atoms in total. The smallest absolute Gasteiger partial charge is 0.0638 e. The predicted molar refractivity (Wildman–Crippen MR) is 87.3 cm³/mol. The molecular weight excluding hydrogens is 234 g/mol. The minimum Gasteiger partial charge on any atom is -0.311 e. The third kappa shape index (κ3) is 26.8. The zero-order valence-corrected chi connectivity index (χ0v) is 14.5. The van der Waals surface area contributed by atoms with Crippen LogP contribution in [0.2, 0.25) is 0 Å². The van der Waals surface area contributed by atoms with Crippen molar-refractivity contribution in [2.75, 3.05) is 13.1 Å². The molecule has 1 fully saturated rings. The Hall–Kier alpha value is -0.590. The van der Waals surface area contributed by atoms with Gasteiger partial charge in [0.2, 0.25) is 0 Å². The second kappa shape index (κ2) is 19.7. The van der Waals surface area contributed by atoms with Crippen LogP contribution in [0.25, 0.3) is 0 Å². The van der Waals surface area contributed by atoms with Gasteiger partial charge in [-0.05, 0) is 12.8 Å². The molecule has 0 saturated carbocycles. The lowest BCUT2D eigenvalue weighted by molar-refractivity contribution is 0.363. The normalized spacial score (nSPS) is 20.6. The summed E-state index contributed by atoms with van der Waals surface area (Å²) in [5.74, 6) is 0.833. The molecule has 1 saturated heterocycles. The van der Waals surface area contributed by atoms with E-state index in [1.54, 1.807) is 0 Å². The van der Waals surface area contributed by atoms with Crippen molar-refractivity contribution >= 4 is 0 Å². The minimum absolute atomic E-state index is 0.362. The molecule has 1 aliphatic heterocycles. The molecule has 1 heterocycles. The molecule has 0 amide bonds. The zero-order chi connectivity index (χ0) is 15.7. The molecule has 0 aromatic heterocycles. The molecule has 3 heteroatoms. The maximum Gasteiger partial charge on any atom is 0.0638 e. The van der Waals surface area contributed by atoms with Gasteiger partial charge in [0.1, 0.15) is 0 Å². The molecule has 1 aliphatic rings. The van der Waals surface area contributed by atoms with E-state index in [1.807, 2.05) is 13.8 Å². The van der Waals surface area contributed by atoms with Crippen molar-refractivity contribution < 1.29 is 0 Å². The van der Waals surface area contributed by atoms with Gasteiger partial charge >= 0.3 is 0 Å². The van der Waals surface area contributed by atoms with Crippen LogP contribution in [0.3, 0.4) is 0 Å². The molecule has 0 aromatic rings. The average molecular weight is 271 g/mol. The molecule has 0 spiro atoms. The number of rotatable bonds is 1. The topological polar surface area (TPSA) is 47.9 Å². The van der Waals surface area contributed by atoms with E-state index in [0.29, 0.717) is 18.5 Å². The van der Waals surface area contributed by atoms with Crippen molar-refractivity contribution in [3.63, 3.8) is 0 Å². The van der Waals surface area contributed by atoms with Gasteiger partial charge in [0.25, 0.3) is 0 Å². The summed E-state index contributed by atoms with van der Waals surface area (Å²) in [6.07, 6.45) is 1.86. The van der Waals surface area contributed by atoms with Gasteiger partial charge in [0.15, 0.2) is 0 Å². The number of nitriles is 1. The third-order valence-electron chi connectivity index (χ3n) is 1.76. The van der Waals surface area contributed by atoms with E-state index in [2.05, 4.69) is 58.2 Å². The second-order valence-corrected chi connectivity index (χ2v) is 5.22. The zero-order valence-electron chi connectivity index (χ0n) is 14.5. The molecule has 0 radical (unpaired) electrons. The Labute approximate surface area is 122 Å². The minimum atomic E-state index is 0.362. The molecule has 0 aliphatic carbocycles. The fourth-order valence-electron chi connectivity index (χ4n) is 1.09. The van der Waals surface area contributed by atoms with E-state index in [0.717, 1.165) is 19.0 Å². The van der Waals surface area contributed by atoms with E-state index < -0.39 is 0 Å². The Balaban J connectivity index is -0.000000239. The van der Waals surface area contributed by atoms with Gasteiger partial charge in [-0.1, -0.05) is 54.9 Å². The van der Waals surface area contributed by atoms with Crippen molar-refractivity contribution in [2.24, 2.45) is 5.92 Å². The number of hydrogen-bond acceptors (Lipinski definition) is 3. The monoisotopic (exact) mass is 271 g/mol. The Kier molecular flexibility index (Phi) is 24.4. The summed E-state index contributed by atoms with van der Waals surface area (Å²) in [6.45, 7) is 18.8. The first kappa shape index (κ1) is 23.5. The Bertz CT molecular complexity index is 174. The Morgan fingerprint density at radius 3 is 1.79 bits per heavy atom. The van der Waals surface area contributed by atoms with Crippen LogP contribution in [-0.4, -0.2) is 25.2 Å². The first-order valence-corrected chi connectivity index (χ1v) is 7.81. The maximum absolute atomic E-state index is 8.37. The molecule has 0 bridgehead atoms. The average Bonchev–Trinajstić information content (AvgIpc) is 2.35. The van der Waals surface area contributed by atoms with Crippen LogP contribution in [0, 0.1) is 17.2 Å². The molecule has 19 heavy (non-hydrogen) atoms. The SMILES string of the molecule is CC.CC(C)C.CC1CNC(CC#N)CN1.CCC. The van der Waals surface area contributed by atoms with Gasteiger partial charge < -0.3 is 10.6 Å². The van der Waals surface area contributed by atoms with Crippen molar-refractivity contribution in [3.8, 4) is 6.07 Å². The highest BCUT2D eigenvalue weighted by Gasteiger charge is 2.15. The summed E-state index contributed by atoms with van der Waals surface area (Å²) in [5, 5.41) is 15.0. The van der Waals surface area contributed by atoms with Gasteiger partial charge in [0.05, 0.1) is 12.5 Å². The van der Waals surface area contributed by atoms with E-state index in [-0.39, 0.29) is 0 Å². The highest BCUT2D eigenvalue weighted by Crippen LogP contribution is 1.95.